The van der Waals surface area contributed by atoms with Crippen molar-refractivity contribution in [3.8, 4) is 12.3 Å². The van der Waals surface area contributed by atoms with E-state index in [0.29, 0.717) is 0 Å². The summed E-state index contributed by atoms with van der Waals surface area (Å²) in [6.07, 6.45) is 9.96. The Labute approximate surface area is 108 Å². The monoisotopic (exact) mass is 238 g/mol. The van der Waals surface area contributed by atoms with E-state index in [1.54, 1.807) is 0 Å². The second-order valence-corrected chi connectivity index (χ2v) is 4.30. The molecule has 0 aliphatic rings. The van der Waals surface area contributed by atoms with Crippen LogP contribution in [0, 0.1) is 12.3 Å². The van der Waals surface area contributed by atoms with Crippen LogP contribution in [0.1, 0.15) is 18.4 Å². The lowest BCUT2D eigenvalue weighted by Gasteiger charge is -2.06. The van der Waals surface area contributed by atoms with Gasteiger partial charge in [0.25, 0.3) is 0 Å². The molecule has 1 N–H and O–H groups in total. The number of fused-ring (bicyclic) bond motifs is 1. The van der Waals surface area contributed by atoms with E-state index < -0.39 is 0 Å². The average molecular weight is 238 g/mol. The summed E-state index contributed by atoms with van der Waals surface area (Å²) in [7, 11) is 0. The van der Waals surface area contributed by atoms with Gasteiger partial charge in [0, 0.05) is 18.0 Å². The fourth-order valence-electron chi connectivity index (χ4n) is 2.03. The lowest BCUT2D eigenvalue weighted by molar-refractivity contribution is 0.657. The molecule has 2 rings (SSSR count). The Morgan fingerprint density at radius 1 is 1.17 bits per heavy atom. The molecule has 0 spiro atoms. The lowest BCUT2D eigenvalue weighted by Crippen LogP contribution is -2.18. The van der Waals surface area contributed by atoms with Gasteiger partial charge in [-0.3, -0.25) is 4.98 Å². The summed E-state index contributed by atoms with van der Waals surface area (Å²) >= 11 is 0. The van der Waals surface area contributed by atoms with Gasteiger partial charge in [0.15, 0.2) is 0 Å². The van der Waals surface area contributed by atoms with Gasteiger partial charge in [-0.2, -0.15) is 0 Å². The van der Waals surface area contributed by atoms with Gasteiger partial charge in [0.2, 0.25) is 0 Å². The van der Waals surface area contributed by atoms with Crippen molar-refractivity contribution in [2.75, 3.05) is 13.1 Å². The van der Waals surface area contributed by atoms with Gasteiger partial charge >= 0.3 is 0 Å². The summed E-state index contributed by atoms with van der Waals surface area (Å²) in [4.78, 5) is 4.46. The Hall–Kier alpha value is -1.85. The van der Waals surface area contributed by atoms with Gasteiger partial charge < -0.3 is 5.32 Å². The zero-order valence-corrected chi connectivity index (χ0v) is 10.5. The number of hydrogen-bond acceptors (Lipinski definition) is 2. The lowest BCUT2D eigenvalue weighted by atomic mass is 10.1. The number of terminal acetylenes is 1. The maximum atomic E-state index is 5.21. The van der Waals surface area contributed by atoms with Crippen molar-refractivity contribution < 1.29 is 0 Å². The van der Waals surface area contributed by atoms with Crippen LogP contribution in [0.25, 0.3) is 10.9 Å². The van der Waals surface area contributed by atoms with Gasteiger partial charge in [-0.1, -0.05) is 24.3 Å². The molecule has 2 heteroatoms. The number of benzene rings is 1. The van der Waals surface area contributed by atoms with E-state index in [0.717, 1.165) is 37.9 Å². The van der Waals surface area contributed by atoms with Gasteiger partial charge in [-0.15, -0.1) is 12.3 Å². The maximum Gasteiger partial charge on any atom is 0.0734 e. The van der Waals surface area contributed by atoms with Crippen LogP contribution in [-0.4, -0.2) is 18.1 Å². The van der Waals surface area contributed by atoms with Crippen molar-refractivity contribution in [1.29, 1.82) is 0 Å². The average Bonchev–Trinajstić information content (AvgIpc) is 2.43. The number of aromatic nitrogens is 1. The number of pyridine rings is 1. The number of para-hydroxylation sites is 1. The molecule has 2 nitrogen and oxygen atoms in total. The Morgan fingerprint density at radius 3 is 2.94 bits per heavy atom. The van der Waals surface area contributed by atoms with Gasteiger partial charge in [0.05, 0.1) is 5.52 Å². The first kappa shape index (κ1) is 12.6. The van der Waals surface area contributed by atoms with Crippen LogP contribution < -0.4 is 5.32 Å². The number of hydrogen-bond donors (Lipinski definition) is 1. The maximum absolute atomic E-state index is 5.21. The first-order valence-corrected chi connectivity index (χ1v) is 6.38. The molecule has 92 valence electrons. The predicted molar refractivity (Wildman–Crippen MR) is 76.4 cm³/mol. The molecule has 0 unspecified atom stereocenters. The van der Waals surface area contributed by atoms with E-state index in [-0.39, 0.29) is 0 Å². The Balaban J connectivity index is 1.90. The third-order valence-corrected chi connectivity index (χ3v) is 2.96. The van der Waals surface area contributed by atoms with Gasteiger partial charge in [-0.05, 0) is 37.6 Å². The fourth-order valence-corrected chi connectivity index (χ4v) is 2.03. The topological polar surface area (TPSA) is 24.9 Å². The second-order valence-electron chi connectivity index (χ2n) is 4.30. The first-order valence-electron chi connectivity index (χ1n) is 6.38. The van der Waals surface area contributed by atoms with Crippen LogP contribution >= 0.6 is 0 Å². The molecule has 2 aromatic rings. The Morgan fingerprint density at radius 2 is 2.06 bits per heavy atom. The van der Waals surface area contributed by atoms with E-state index >= 15 is 0 Å². The van der Waals surface area contributed by atoms with E-state index in [1.807, 2.05) is 12.3 Å². The summed E-state index contributed by atoms with van der Waals surface area (Å²) in [5.41, 5.74) is 2.42. The molecule has 0 atom stereocenters. The highest BCUT2D eigenvalue weighted by atomic mass is 14.8. The highest BCUT2D eigenvalue weighted by Gasteiger charge is 2.00. The van der Waals surface area contributed by atoms with Crippen LogP contribution in [-0.2, 0) is 6.42 Å². The standard InChI is InChI=1S/C16H18N2/c1-2-3-4-11-17-13-10-15-8-5-7-14-9-6-12-18-16(14)15/h1,5-9,12,17H,3-4,10-11,13H2. The number of nitrogens with zero attached hydrogens (tertiary/aromatic N) is 1. The highest BCUT2D eigenvalue weighted by molar-refractivity contribution is 5.81. The van der Waals surface area contributed by atoms with Crippen LogP contribution in [0.4, 0.5) is 0 Å². The quantitative estimate of drug-likeness (QED) is 0.618. The molecular weight excluding hydrogens is 220 g/mol. The fraction of sp³-hybridized carbons (Fsp3) is 0.312. The molecule has 1 heterocycles. The van der Waals surface area contributed by atoms with Crippen molar-refractivity contribution in [1.82, 2.24) is 10.3 Å². The van der Waals surface area contributed by atoms with Crippen molar-refractivity contribution in [2.45, 2.75) is 19.3 Å². The second kappa shape index (κ2) is 6.78. The smallest absolute Gasteiger partial charge is 0.0734 e. The molecule has 0 amide bonds. The molecule has 0 aliphatic heterocycles. The number of nitrogens with one attached hydrogen (secondary N) is 1. The van der Waals surface area contributed by atoms with E-state index in [2.05, 4.69) is 40.5 Å². The van der Waals surface area contributed by atoms with Crippen LogP contribution in [0.5, 0.6) is 0 Å². The summed E-state index contributed by atoms with van der Waals surface area (Å²) in [5, 5.41) is 4.62. The van der Waals surface area contributed by atoms with E-state index in [1.165, 1.54) is 10.9 Å². The van der Waals surface area contributed by atoms with Crippen LogP contribution in [0.15, 0.2) is 36.5 Å². The highest BCUT2D eigenvalue weighted by Crippen LogP contribution is 2.15. The molecule has 0 radical (unpaired) electrons. The molecule has 1 aromatic carbocycles. The van der Waals surface area contributed by atoms with Crippen LogP contribution in [0.2, 0.25) is 0 Å². The summed E-state index contributed by atoms with van der Waals surface area (Å²) in [6.45, 7) is 1.96. The minimum absolute atomic E-state index is 0.850. The first-order chi connectivity index (χ1) is 8.92. The molecule has 1 aromatic heterocycles. The van der Waals surface area contributed by atoms with Crippen molar-refractivity contribution >= 4 is 10.9 Å². The van der Waals surface area contributed by atoms with E-state index in [9.17, 15) is 0 Å². The molecule has 18 heavy (non-hydrogen) atoms. The Bertz CT molecular complexity index is 535. The molecule has 0 saturated carbocycles. The Kier molecular flexibility index (Phi) is 4.75. The molecular formula is C16H18N2. The van der Waals surface area contributed by atoms with Gasteiger partial charge in [0.1, 0.15) is 0 Å². The zero-order valence-electron chi connectivity index (χ0n) is 10.5. The number of rotatable bonds is 6. The van der Waals surface area contributed by atoms with Crippen LogP contribution in [0.3, 0.4) is 0 Å². The number of unbranched alkanes of at least 4 members (excludes halogenated alkanes) is 1. The molecule has 0 bridgehead atoms. The normalized spacial score (nSPS) is 10.4. The molecule has 0 aliphatic carbocycles. The van der Waals surface area contributed by atoms with Gasteiger partial charge in [-0.25, -0.2) is 0 Å². The summed E-state index contributed by atoms with van der Waals surface area (Å²) < 4.78 is 0. The third-order valence-electron chi connectivity index (χ3n) is 2.96. The van der Waals surface area contributed by atoms with Crippen molar-refractivity contribution in [3.05, 3.63) is 42.1 Å². The van der Waals surface area contributed by atoms with Crippen molar-refractivity contribution in [2.24, 2.45) is 0 Å². The SMILES string of the molecule is C#CCCCNCCc1cccc2cccnc12. The largest absolute Gasteiger partial charge is 0.316 e. The van der Waals surface area contributed by atoms with E-state index in [4.69, 9.17) is 6.42 Å². The molecule has 0 saturated heterocycles. The zero-order chi connectivity index (χ0) is 12.6. The minimum atomic E-state index is 0.850. The predicted octanol–water partition coefficient (Wildman–Crippen LogP) is 2.78. The summed E-state index contributed by atoms with van der Waals surface area (Å²) in [5.74, 6) is 2.65. The summed E-state index contributed by atoms with van der Waals surface area (Å²) in [6, 6.07) is 10.4. The van der Waals surface area contributed by atoms with Crippen molar-refractivity contribution in [3.63, 3.8) is 0 Å². The molecule has 0 fully saturated rings. The third kappa shape index (κ3) is 3.32. The minimum Gasteiger partial charge on any atom is -0.316 e.